The standard InChI is InChI=1S/C11H11BrF3NO2/c1-2-18-10(17)11(14,15)9(16)6-4-3-5-7(12)8(6)13/h3-5,9H,2,16H2,1H3/t9-/m0/s1. The van der Waals surface area contributed by atoms with Crippen molar-refractivity contribution < 1.29 is 22.7 Å². The molecule has 0 aliphatic heterocycles. The maximum Gasteiger partial charge on any atom is 0.379 e. The lowest BCUT2D eigenvalue weighted by Crippen LogP contribution is -2.42. The van der Waals surface area contributed by atoms with Crippen molar-refractivity contribution in [1.29, 1.82) is 0 Å². The SMILES string of the molecule is CCOC(=O)C(F)(F)[C@@H](N)c1cccc(Br)c1F. The van der Waals surface area contributed by atoms with Crippen LogP contribution in [0.3, 0.4) is 0 Å². The number of halogens is 4. The Morgan fingerprint density at radius 3 is 2.72 bits per heavy atom. The summed E-state index contributed by atoms with van der Waals surface area (Å²) in [6, 6.07) is 1.68. The van der Waals surface area contributed by atoms with E-state index in [0.29, 0.717) is 0 Å². The van der Waals surface area contributed by atoms with Crippen LogP contribution in [0.1, 0.15) is 18.5 Å². The molecule has 0 fully saturated rings. The minimum Gasteiger partial charge on any atom is -0.462 e. The summed E-state index contributed by atoms with van der Waals surface area (Å²) in [5.74, 6) is -6.68. The van der Waals surface area contributed by atoms with Crippen molar-refractivity contribution in [2.75, 3.05) is 6.61 Å². The van der Waals surface area contributed by atoms with Crippen LogP contribution in [0.2, 0.25) is 0 Å². The van der Waals surface area contributed by atoms with E-state index in [9.17, 15) is 18.0 Å². The van der Waals surface area contributed by atoms with Crippen molar-refractivity contribution in [3.05, 3.63) is 34.1 Å². The van der Waals surface area contributed by atoms with Gasteiger partial charge in [-0.3, -0.25) is 0 Å². The van der Waals surface area contributed by atoms with Crippen LogP contribution in [0.5, 0.6) is 0 Å². The zero-order valence-electron chi connectivity index (χ0n) is 9.42. The summed E-state index contributed by atoms with van der Waals surface area (Å²) < 4.78 is 45.1. The number of esters is 1. The molecule has 0 heterocycles. The quantitative estimate of drug-likeness (QED) is 0.866. The van der Waals surface area contributed by atoms with Crippen LogP contribution in [0, 0.1) is 5.82 Å². The molecule has 0 radical (unpaired) electrons. The largest absolute Gasteiger partial charge is 0.462 e. The molecular formula is C11H11BrF3NO2. The number of carbonyl (C=O) groups is 1. The van der Waals surface area contributed by atoms with E-state index in [0.717, 1.165) is 6.07 Å². The van der Waals surface area contributed by atoms with Crippen LogP contribution in [-0.2, 0) is 9.53 Å². The Labute approximate surface area is 110 Å². The number of rotatable bonds is 4. The van der Waals surface area contributed by atoms with Crippen LogP contribution in [0.15, 0.2) is 22.7 Å². The number of benzene rings is 1. The Bertz CT molecular complexity index is 454. The lowest BCUT2D eigenvalue weighted by Gasteiger charge is -2.22. The van der Waals surface area contributed by atoms with Crippen LogP contribution >= 0.6 is 15.9 Å². The summed E-state index contributed by atoms with van der Waals surface area (Å²) >= 11 is 2.86. The van der Waals surface area contributed by atoms with Crippen LogP contribution in [0.25, 0.3) is 0 Å². The summed E-state index contributed by atoms with van der Waals surface area (Å²) in [5, 5.41) is 0. The van der Waals surface area contributed by atoms with E-state index < -0.39 is 29.3 Å². The van der Waals surface area contributed by atoms with Gasteiger partial charge in [0.2, 0.25) is 0 Å². The molecule has 0 unspecified atom stereocenters. The molecule has 0 aliphatic carbocycles. The van der Waals surface area contributed by atoms with E-state index >= 15 is 0 Å². The van der Waals surface area contributed by atoms with E-state index in [1.807, 2.05) is 0 Å². The Morgan fingerprint density at radius 2 is 2.17 bits per heavy atom. The number of hydrogen-bond donors (Lipinski definition) is 1. The predicted molar refractivity (Wildman–Crippen MR) is 62.6 cm³/mol. The van der Waals surface area contributed by atoms with Gasteiger partial charge in [0.1, 0.15) is 11.9 Å². The molecule has 0 amide bonds. The molecule has 1 aromatic rings. The van der Waals surface area contributed by atoms with E-state index in [-0.39, 0.29) is 11.1 Å². The van der Waals surface area contributed by atoms with Crippen molar-refractivity contribution in [1.82, 2.24) is 0 Å². The molecule has 0 spiro atoms. The van der Waals surface area contributed by atoms with Crippen LogP contribution in [0.4, 0.5) is 13.2 Å². The topological polar surface area (TPSA) is 52.3 Å². The molecule has 18 heavy (non-hydrogen) atoms. The van der Waals surface area contributed by atoms with Crippen molar-refractivity contribution in [2.45, 2.75) is 18.9 Å². The number of hydrogen-bond acceptors (Lipinski definition) is 3. The molecule has 0 aromatic heterocycles. The molecular weight excluding hydrogens is 315 g/mol. The van der Waals surface area contributed by atoms with E-state index in [2.05, 4.69) is 20.7 Å². The molecule has 7 heteroatoms. The van der Waals surface area contributed by atoms with Crippen LogP contribution < -0.4 is 5.73 Å². The second-order valence-corrected chi connectivity index (χ2v) is 4.32. The third-order valence-electron chi connectivity index (χ3n) is 2.25. The Morgan fingerprint density at radius 1 is 1.56 bits per heavy atom. The highest BCUT2D eigenvalue weighted by Gasteiger charge is 2.48. The summed E-state index contributed by atoms with van der Waals surface area (Å²) in [5.41, 5.74) is 4.81. The molecule has 100 valence electrons. The maximum atomic E-state index is 13.6. The highest BCUT2D eigenvalue weighted by molar-refractivity contribution is 9.10. The van der Waals surface area contributed by atoms with Gasteiger partial charge in [-0.05, 0) is 28.9 Å². The first-order valence-electron chi connectivity index (χ1n) is 5.06. The van der Waals surface area contributed by atoms with Gasteiger partial charge >= 0.3 is 11.9 Å². The predicted octanol–water partition coefficient (Wildman–Crippen LogP) is 2.79. The van der Waals surface area contributed by atoms with Gasteiger partial charge in [0.15, 0.2) is 0 Å². The first kappa shape index (κ1) is 15.0. The zero-order chi connectivity index (χ0) is 13.9. The molecule has 0 bridgehead atoms. The van der Waals surface area contributed by atoms with Crippen molar-refractivity contribution >= 4 is 21.9 Å². The Hall–Kier alpha value is -1.08. The fourth-order valence-electron chi connectivity index (χ4n) is 1.31. The number of carbonyl (C=O) groups excluding carboxylic acids is 1. The minimum atomic E-state index is -3.99. The Kier molecular flexibility index (Phi) is 4.75. The normalized spacial score (nSPS) is 13.2. The fourth-order valence-corrected chi connectivity index (χ4v) is 1.69. The Balaban J connectivity index is 3.09. The highest BCUT2D eigenvalue weighted by Crippen LogP contribution is 2.33. The van der Waals surface area contributed by atoms with Gasteiger partial charge in [-0.1, -0.05) is 12.1 Å². The van der Waals surface area contributed by atoms with Gasteiger partial charge in [0.05, 0.1) is 11.1 Å². The van der Waals surface area contributed by atoms with E-state index in [1.54, 1.807) is 0 Å². The molecule has 2 N–H and O–H groups in total. The third-order valence-corrected chi connectivity index (χ3v) is 2.87. The first-order valence-corrected chi connectivity index (χ1v) is 5.86. The number of nitrogens with two attached hydrogens (primary N) is 1. The summed E-state index contributed by atoms with van der Waals surface area (Å²) in [6.45, 7) is 1.18. The van der Waals surface area contributed by atoms with Crippen molar-refractivity contribution in [2.24, 2.45) is 5.73 Å². The van der Waals surface area contributed by atoms with E-state index in [4.69, 9.17) is 5.73 Å². The average Bonchev–Trinajstić information content (AvgIpc) is 2.32. The minimum absolute atomic E-state index is 0.00453. The van der Waals surface area contributed by atoms with Gasteiger partial charge in [0.25, 0.3) is 0 Å². The summed E-state index contributed by atoms with van der Waals surface area (Å²) in [7, 11) is 0. The molecule has 3 nitrogen and oxygen atoms in total. The van der Waals surface area contributed by atoms with E-state index in [1.165, 1.54) is 19.1 Å². The third kappa shape index (κ3) is 2.84. The van der Waals surface area contributed by atoms with Gasteiger partial charge in [-0.2, -0.15) is 8.78 Å². The van der Waals surface area contributed by atoms with Gasteiger partial charge in [-0.15, -0.1) is 0 Å². The van der Waals surface area contributed by atoms with Crippen molar-refractivity contribution in [3.8, 4) is 0 Å². The smallest absolute Gasteiger partial charge is 0.379 e. The van der Waals surface area contributed by atoms with Gasteiger partial charge < -0.3 is 10.5 Å². The lowest BCUT2D eigenvalue weighted by molar-refractivity contribution is -0.174. The maximum absolute atomic E-state index is 13.6. The molecule has 0 saturated heterocycles. The van der Waals surface area contributed by atoms with Crippen molar-refractivity contribution in [3.63, 3.8) is 0 Å². The monoisotopic (exact) mass is 325 g/mol. The summed E-state index contributed by atoms with van der Waals surface area (Å²) in [4.78, 5) is 11.1. The summed E-state index contributed by atoms with van der Waals surface area (Å²) in [6.07, 6.45) is 0. The second kappa shape index (κ2) is 5.71. The zero-order valence-corrected chi connectivity index (χ0v) is 11.0. The highest BCUT2D eigenvalue weighted by atomic mass is 79.9. The van der Waals surface area contributed by atoms with Gasteiger partial charge in [0, 0.05) is 5.56 Å². The second-order valence-electron chi connectivity index (χ2n) is 3.46. The van der Waals surface area contributed by atoms with Gasteiger partial charge in [-0.25, -0.2) is 9.18 Å². The van der Waals surface area contributed by atoms with Crippen LogP contribution in [-0.4, -0.2) is 18.5 Å². The average molecular weight is 326 g/mol. The molecule has 1 aromatic carbocycles. The molecule has 0 saturated carbocycles. The lowest BCUT2D eigenvalue weighted by atomic mass is 10.0. The fraction of sp³-hybridized carbons (Fsp3) is 0.364. The molecule has 1 rings (SSSR count). The number of ether oxygens (including phenoxy) is 1. The number of alkyl halides is 2. The molecule has 0 aliphatic rings. The molecule has 1 atom stereocenters. The first-order chi connectivity index (χ1) is 8.32.